The van der Waals surface area contributed by atoms with Crippen LogP contribution >= 0.6 is 0 Å². The lowest BCUT2D eigenvalue weighted by Crippen LogP contribution is -2.42. The number of urea groups is 1. The van der Waals surface area contributed by atoms with E-state index in [0.29, 0.717) is 19.3 Å². The van der Waals surface area contributed by atoms with Crippen molar-refractivity contribution >= 4 is 17.4 Å². The number of nitrogens with two attached hydrogens (primary N) is 1. The number of anilines is 2. The number of carbonyl (C=O) groups is 1. The summed E-state index contributed by atoms with van der Waals surface area (Å²) in [6.45, 7) is 6.94. The summed E-state index contributed by atoms with van der Waals surface area (Å²) in [5, 5.41) is 5.75. The van der Waals surface area contributed by atoms with Gasteiger partial charge in [0.2, 0.25) is 0 Å². The number of nitrogens with zero attached hydrogens (tertiary/aromatic N) is 2. The number of hydrogen-bond acceptors (Lipinski definition) is 6. The smallest absolute Gasteiger partial charge is 0.319 e. The molecule has 0 spiro atoms. The average Bonchev–Trinajstić information content (AvgIpc) is 3.08. The van der Waals surface area contributed by atoms with E-state index in [1.54, 1.807) is 7.11 Å². The van der Waals surface area contributed by atoms with Crippen LogP contribution in [0.5, 0.6) is 5.75 Å². The molecule has 4 rings (SSSR count). The molecule has 8 nitrogen and oxygen atoms in total. The van der Waals surface area contributed by atoms with E-state index in [-0.39, 0.29) is 24.2 Å². The topological polar surface area (TPSA) is 92.1 Å². The van der Waals surface area contributed by atoms with Gasteiger partial charge in [-0.15, -0.1) is 0 Å². The fourth-order valence-corrected chi connectivity index (χ4v) is 4.94. The highest BCUT2D eigenvalue weighted by Crippen LogP contribution is 2.51. The van der Waals surface area contributed by atoms with Crippen molar-refractivity contribution in [3.63, 3.8) is 0 Å². The molecule has 8 heteroatoms. The first kappa shape index (κ1) is 26.3. The minimum Gasteiger partial charge on any atom is -0.492 e. The molecule has 0 bridgehead atoms. The summed E-state index contributed by atoms with van der Waals surface area (Å²) in [6, 6.07) is 14.7. The van der Waals surface area contributed by atoms with Crippen LogP contribution in [0.4, 0.5) is 16.2 Å². The zero-order valence-electron chi connectivity index (χ0n) is 22.0. The van der Waals surface area contributed by atoms with E-state index >= 15 is 0 Å². The number of likely N-dealkylation sites (N-methyl/N-ethyl adjacent to an activating group) is 1. The van der Waals surface area contributed by atoms with Gasteiger partial charge in [0.25, 0.3) is 0 Å². The minimum absolute atomic E-state index is 0.0549. The summed E-state index contributed by atoms with van der Waals surface area (Å²) in [5.74, 6) is 0.877. The monoisotopic (exact) mass is 495 g/mol. The predicted octanol–water partition coefficient (Wildman–Crippen LogP) is 4.29. The van der Waals surface area contributed by atoms with Gasteiger partial charge in [-0.1, -0.05) is 18.2 Å². The van der Waals surface area contributed by atoms with Crippen LogP contribution in [-0.4, -0.2) is 63.5 Å². The zero-order chi connectivity index (χ0) is 25.7. The van der Waals surface area contributed by atoms with Crippen LogP contribution in [0.1, 0.15) is 56.3 Å². The fraction of sp³-hybridized carbons (Fsp3) is 0.536. The minimum atomic E-state index is -0.198. The number of fused-ring (bicyclic) bond motifs is 1. The zero-order valence-corrected chi connectivity index (χ0v) is 22.0. The van der Waals surface area contributed by atoms with Crippen LogP contribution in [0.3, 0.4) is 0 Å². The number of nitrogens with one attached hydrogen (secondary N) is 2. The van der Waals surface area contributed by atoms with E-state index in [1.807, 2.05) is 32.0 Å². The Kier molecular flexibility index (Phi) is 8.72. The number of methoxy groups -OCH3 is 1. The van der Waals surface area contributed by atoms with Crippen molar-refractivity contribution in [2.75, 3.05) is 50.7 Å². The lowest BCUT2D eigenvalue weighted by molar-refractivity contribution is 0.150. The predicted molar refractivity (Wildman–Crippen MR) is 145 cm³/mol. The molecule has 1 aliphatic carbocycles. The third-order valence-electron chi connectivity index (χ3n) is 7.10. The Morgan fingerprint density at radius 1 is 1.14 bits per heavy atom. The van der Waals surface area contributed by atoms with Gasteiger partial charge in [0.1, 0.15) is 12.4 Å². The standard InChI is InChI=1S/C28H41N5O3/c1-19(2)30-28(34)31-21-10-8-20(9-11-21)27-26(29)24-13-12-23(36-17-15-32(3)14-16-35-4)18-25(24)33(27)22-6-5-7-22/h8-13,18-19,22,26-27H,5-7,14-17,29H2,1-4H3,(H2,30,31,34). The molecule has 2 aromatic carbocycles. The Morgan fingerprint density at radius 2 is 1.86 bits per heavy atom. The van der Waals surface area contributed by atoms with Crippen molar-refractivity contribution in [2.24, 2.45) is 5.73 Å². The van der Waals surface area contributed by atoms with Crippen LogP contribution in [0.15, 0.2) is 42.5 Å². The second kappa shape index (κ2) is 12.0. The van der Waals surface area contributed by atoms with E-state index in [0.717, 1.165) is 35.7 Å². The van der Waals surface area contributed by atoms with Crippen LogP contribution in [0.25, 0.3) is 0 Å². The number of amides is 2. The highest BCUT2D eigenvalue weighted by atomic mass is 16.5. The normalized spacial score (nSPS) is 19.4. The van der Waals surface area contributed by atoms with Crippen molar-refractivity contribution in [2.45, 2.75) is 57.3 Å². The van der Waals surface area contributed by atoms with Crippen LogP contribution in [0, 0.1) is 0 Å². The molecular formula is C28H41N5O3. The molecule has 1 aliphatic heterocycles. The summed E-state index contributed by atoms with van der Waals surface area (Å²) in [4.78, 5) is 16.8. The molecule has 2 unspecified atom stereocenters. The van der Waals surface area contributed by atoms with E-state index < -0.39 is 0 Å². The average molecular weight is 496 g/mol. The van der Waals surface area contributed by atoms with Crippen molar-refractivity contribution < 1.29 is 14.3 Å². The molecule has 0 radical (unpaired) electrons. The fourth-order valence-electron chi connectivity index (χ4n) is 4.94. The highest BCUT2D eigenvalue weighted by Gasteiger charge is 2.42. The number of hydrogen-bond donors (Lipinski definition) is 3. The van der Waals surface area contributed by atoms with Gasteiger partial charge in [-0.05, 0) is 69.5 Å². The van der Waals surface area contributed by atoms with Crippen molar-refractivity contribution in [3.05, 3.63) is 53.6 Å². The molecule has 0 saturated heterocycles. The van der Waals surface area contributed by atoms with Gasteiger partial charge in [0.15, 0.2) is 0 Å². The van der Waals surface area contributed by atoms with Crippen LogP contribution in [0.2, 0.25) is 0 Å². The second-order valence-electron chi connectivity index (χ2n) is 10.2. The highest BCUT2D eigenvalue weighted by molar-refractivity contribution is 5.89. The maximum Gasteiger partial charge on any atom is 0.319 e. The molecule has 0 aromatic heterocycles. The number of ether oxygens (including phenoxy) is 2. The molecule has 2 amide bonds. The lowest BCUT2D eigenvalue weighted by atomic mass is 9.89. The van der Waals surface area contributed by atoms with E-state index in [4.69, 9.17) is 15.2 Å². The van der Waals surface area contributed by atoms with Gasteiger partial charge in [-0.25, -0.2) is 4.79 Å². The molecule has 2 aromatic rings. The molecule has 2 aliphatic rings. The molecule has 196 valence electrons. The first-order chi connectivity index (χ1) is 17.4. The summed E-state index contributed by atoms with van der Waals surface area (Å²) >= 11 is 0. The number of carbonyl (C=O) groups excluding carboxylic acids is 1. The molecule has 1 fully saturated rings. The third-order valence-corrected chi connectivity index (χ3v) is 7.10. The van der Waals surface area contributed by atoms with Gasteiger partial charge in [-0.3, -0.25) is 0 Å². The Labute approximate surface area is 215 Å². The quantitative estimate of drug-likeness (QED) is 0.431. The first-order valence-electron chi connectivity index (χ1n) is 13.0. The van der Waals surface area contributed by atoms with Crippen molar-refractivity contribution in [1.82, 2.24) is 10.2 Å². The van der Waals surface area contributed by atoms with Crippen LogP contribution in [-0.2, 0) is 4.74 Å². The van der Waals surface area contributed by atoms with E-state index in [1.165, 1.54) is 24.9 Å². The Morgan fingerprint density at radius 3 is 2.50 bits per heavy atom. The number of benzene rings is 2. The maximum atomic E-state index is 12.1. The van der Waals surface area contributed by atoms with Gasteiger partial charge >= 0.3 is 6.03 Å². The maximum absolute atomic E-state index is 12.1. The summed E-state index contributed by atoms with van der Waals surface area (Å²) in [5.41, 5.74) is 11.1. The lowest BCUT2D eigenvalue weighted by Gasteiger charge is -2.41. The van der Waals surface area contributed by atoms with E-state index in [2.05, 4.69) is 51.7 Å². The number of rotatable bonds is 11. The largest absolute Gasteiger partial charge is 0.492 e. The van der Waals surface area contributed by atoms with E-state index in [9.17, 15) is 4.79 Å². The first-order valence-corrected chi connectivity index (χ1v) is 13.0. The SMILES string of the molecule is COCCN(C)CCOc1ccc2c(c1)N(C1CCC1)C(c1ccc(NC(=O)NC(C)C)cc1)C2N. The summed E-state index contributed by atoms with van der Waals surface area (Å²) in [7, 11) is 3.79. The molecule has 2 atom stereocenters. The van der Waals surface area contributed by atoms with Crippen molar-refractivity contribution in [1.29, 1.82) is 0 Å². The molecule has 1 saturated carbocycles. The Balaban J connectivity index is 1.48. The second-order valence-corrected chi connectivity index (χ2v) is 10.2. The molecule has 1 heterocycles. The van der Waals surface area contributed by atoms with Gasteiger partial charge in [0.05, 0.1) is 18.7 Å². The Bertz CT molecular complexity index is 1010. The Hall–Kier alpha value is -2.81. The van der Waals surface area contributed by atoms with Gasteiger partial charge in [0, 0.05) is 49.7 Å². The summed E-state index contributed by atoms with van der Waals surface area (Å²) < 4.78 is 11.3. The van der Waals surface area contributed by atoms with Gasteiger partial charge in [-0.2, -0.15) is 0 Å². The summed E-state index contributed by atoms with van der Waals surface area (Å²) in [6.07, 6.45) is 3.59. The van der Waals surface area contributed by atoms with Crippen molar-refractivity contribution in [3.8, 4) is 5.75 Å². The molecular weight excluding hydrogens is 454 g/mol. The van der Waals surface area contributed by atoms with Gasteiger partial charge < -0.3 is 35.6 Å². The third kappa shape index (κ3) is 6.11. The molecule has 36 heavy (non-hydrogen) atoms. The van der Waals surface area contributed by atoms with Crippen LogP contribution < -0.4 is 26.0 Å². The molecule has 4 N–H and O–H groups in total.